The minimum absolute atomic E-state index is 0.0174. The van der Waals surface area contributed by atoms with Crippen molar-refractivity contribution in [2.75, 3.05) is 19.7 Å². The molecule has 1 fully saturated rings. The maximum absolute atomic E-state index is 12.4. The van der Waals surface area contributed by atoms with Gasteiger partial charge in [0.15, 0.2) is 0 Å². The molecule has 0 spiro atoms. The maximum Gasteiger partial charge on any atom is 0.267 e. The van der Waals surface area contributed by atoms with Gasteiger partial charge in [-0.15, -0.1) is 0 Å². The summed E-state index contributed by atoms with van der Waals surface area (Å²) in [7, 11) is 0. The van der Waals surface area contributed by atoms with Gasteiger partial charge in [-0.1, -0.05) is 0 Å². The summed E-state index contributed by atoms with van der Waals surface area (Å²) in [6.45, 7) is 7.15. The molecule has 2 aliphatic heterocycles. The van der Waals surface area contributed by atoms with E-state index in [1.165, 1.54) is 4.68 Å². The van der Waals surface area contributed by atoms with Crippen molar-refractivity contribution in [2.45, 2.75) is 58.3 Å². The largest absolute Gasteiger partial charge is 0.376 e. The summed E-state index contributed by atoms with van der Waals surface area (Å²) in [6, 6.07) is 1.43. The standard InChI is InChI=1S/C17H26N4O3/c1-3-21-16(22)9-13-11-20(7-6-15(13)19-21)12(2)17(23)18-10-14-5-4-8-24-14/h9,12,14H,3-8,10-11H2,1-2H3,(H,18,23)/t12-,14+/m0/s1. The van der Waals surface area contributed by atoms with Gasteiger partial charge in [0.1, 0.15) is 0 Å². The molecule has 0 aromatic carbocycles. The molecule has 0 bridgehead atoms. The Labute approximate surface area is 142 Å². The van der Waals surface area contributed by atoms with Crippen molar-refractivity contribution < 1.29 is 9.53 Å². The monoisotopic (exact) mass is 334 g/mol. The van der Waals surface area contributed by atoms with Crippen LogP contribution in [0.3, 0.4) is 0 Å². The Balaban J connectivity index is 1.60. The number of ether oxygens (including phenoxy) is 1. The highest BCUT2D eigenvalue weighted by Crippen LogP contribution is 2.18. The summed E-state index contributed by atoms with van der Waals surface area (Å²) < 4.78 is 7.03. The molecule has 7 heteroatoms. The third kappa shape index (κ3) is 3.67. The molecule has 3 heterocycles. The van der Waals surface area contributed by atoms with E-state index in [1.54, 1.807) is 6.07 Å². The fourth-order valence-electron chi connectivity index (χ4n) is 3.35. The second kappa shape index (κ2) is 7.44. The van der Waals surface area contributed by atoms with Crippen LogP contribution < -0.4 is 10.9 Å². The predicted molar refractivity (Wildman–Crippen MR) is 89.7 cm³/mol. The van der Waals surface area contributed by atoms with Crippen LogP contribution in [0.15, 0.2) is 10.9 Å². The number of hydrogen-bond donors (Lipinski definition) is 1. The zero-order valence-corrected chi connectivity index (χ0v) is 14.5. The van der Waals surface area contributed by atoms with Gasteiger partial charge >= 0.3 is 0 Å². The van der Waals surface area contributed by atoms with Crippen LogP contribution >= 0.6 is 0 Å². The van der Waals surface area contributed by atoms with Gasteiger partial charge < -0.3 is 10.1 Å². The summed E-state index contributed by atoms with van der Waals surface area (Å²) in [5.74, 6) is 0.0174. The number of carbonyl (C=O) groups excluding carboxylic acids is 1. The van der Waals surface area contributed by atoms with E-state index in [0.29, 0.717) is 19.6 Å². The van der Waals surface area contributed by atoms with Crippen molar-refractivity contribution in [1.29, 1.82) is 0 Å². The van der Waals surface area contributed by atoms with E-state index >= 15 is 0 Å². The van der Waals surface area contributed by atoms with Crippen LogP contribution in [-0.2, 0) is 29.0 Å². The van der Waals surface area contributed by atoms with Crippen molar-refractivity contribution in [2.24, 2.45) is 0 Å². The van der Waals surface area contributed by atoms with Gasteiger partial charge in [0.2, 0.25) is 5.91 Å². The summed E-state index contributed by atoms with van der Waals surface area (Å²) in [5.41, 5.74) is 1.84. The molecule has 0 saturated carbocycles. The van der Waals surface area contributed by atoms with E-state index in [1.807, 2.05) is 13.8 Å². The first-order chi connectivity index (χ1) is 11.6. The van der Waals surface area contributed by atoms with Crippen molar-refractivity contribution in [1.82, 2.24) is 20.0 Å². The van der Waals surface area contributed by atoms with E-state index in [-0.39, 0.29) is 23.6 Å². The van der Waals surface area contributed by atoms with Crippen LogP contribution in [0.2, 0.25) is 0 Å². The van der Waals surface area contributed by atoms with Crippen LogP contribution in [0.25, 0.3) is 0 Å². The molecule has 2 aliphatic rings. The third-order valence-electron chi connectivity index (χ3n) is 4.93. The van der Waals surface area contributed by atoms with E-state index in [9.17, 15) is 9.59 Å². The molecule has 1 N–H and O–H groups in total. The summed E-state index contributed by atoms with van der Waals surface area (Å²) in [4.78, 5) is 26.5. The number of nitrogens with zero attached hydrogens (tertiary/aromatic N) is 3. The van der Waals surface area contributed by atoms with Crippen LogP contribution in [-0.4, -0.2) is 52.4 Å². The number of carbonyl (C=O) groups is 1. The predicted octanol–water partition coefficient (Wildman–Crippen LogP) is 0.305. The summed E-state index contributed by atoms with van der Waals surface area (Å²) in [6.07, 6.45) is 3.00. The lowest BCUT2D eigenvalue weighted by atomic mass is 10.0. The number of aromatic nitrogens is 2. The number of aryl methyl sites for hydroxylation is 1. The normalized spacial score (nSPS) is 22.2. The van der Waals surface area contributed by atoms with Crippen molar-refractivity contribution in [3.05, 3.63) is 27.7 Å². The quantitative estimate of drug-likeness (QED) is 0.838. The fraction of sp³-hybridized carbons (Fsp3) is 0.706. The van der Waals surface area contributed by atoms with Gasteiger partial charge in [0.25, 0.3) is 5.56 Å². The van der Waals surface area contributed by atoms with E-state index in [0.717, 1.165) is 43.7 Å². The first-order valence-electron chi connectivity index (χ1n) is 8.81. The highest BCUT2D eigenvalue weighted by Gasteiger charge is 2.27. The van der Waals surface area contributed by atoms with Gasteiger partial charge in [-0.05, 0) is 32.3 Å². The zero-order chi connectivity index (χ0) is 17.1. The smallest absolute Gasteiger partial charge is 0.267 e. The lowest BCUT2D eigenvalue weighted by molar-refractivity contribution is -0.126. The van der Waals surface area contributed by atoms with E-state index < -0.39 is 0 Å². The molecule has 1 saturated heterocycles. The molecule has 24 heavy (non-hydrogen) atoms. The van der Waals surface area contributed by atoms with Gasteiger partial charge in [-0.2, -0.15) is 5.10 Å². The zero-order valence-electron chi connectivity index (χ0n) is 14.5. The minimum Gasteiger partial charge on any atom is -0.376 e. The number of fused-ring (bicyclic) bond motifs is 1. The number of nitrogens with one attached hydrogen (secondary N) is 1. The Hall–Kier alpha value is -1.73. The SMILES string of the molecule is CCn1nc2c(cc1=O)CN([C@@H](C)C(=O)NC[C@H]1CCCO1)CC2. The average Bonchev–Trinajstić information content (AvgIpc) is 3.11. The Bertz CT molecular complexity index is 652. The molecular formula is C17H26N4O3. The molecular weight excluding hydrogens is 308 g/mol. The minimum atomic E-state index is -0.229. The number of amides is 1. The molecule has 1 aromatic rings. The van der Waals surface area contributed by atoms with Crippen LogP contribution in [0.1, 0.15) is 37.9 Å². The van der Waals surface area contributed by atoms with Crippen molar-refractivity contribution >= 4 is 5.91 Å². The van der Waals surface area contributed by atoms with E-state index in [4.69, 9.17) is 4.74 Å². The van der Waals surface area contributed by atoms with Crippen LogP contribution in [0.4, 0.5) is 0 Å². The molecule has 2 atom stereocenters. The lowest BCUT2D eigenvalue weighted by Gasteiger charge is -2.32. The topological polar surface area (TPSA) is 76.5 Å². The molecule has 3 rings (SSSR count). The van der Waals surface area contributed by atoms with Gasteiger partial charge in [-0.25, -0.2) is 4.68 Å². The van der Waals surface area contributed by atoms with Crippen molar-refractivity contribution in [3.63, 3.8) is 0 Å². The molecule has 0 radical (unpaired) electrons. The summed E-state index contributed by atoms with van der Waals surface area (Å²) >= 11 is 0. The molecule has 1 amide bonds. The number of rotatable bonds is 5. The second-order valence-corrected chi connectivity index (χ2v) is 6.55. The van der Waals surface area contributed by atoms with Gasteiger partial charge in [0, 0.05) is 45.3 Å². The molecule has 132 valence electrons. The van der Waals surface area contributed by atoms with E-state index in [2.05, 4.69) is 15.3 Å². The molecule has 0 unspecified atom stereocenters. The Morgan fingerprint density at radius 3 is 3.08 bits per heavy atom. The second-order valence-electron chi connectivity index (χ2n) is 6.55. The Morgan fingerprint density at radius 2 is 2.38 bits per heavy atom. The average molecular weight is 334 g/mol. The number of hydrogen-bond acceptors (Lipinski definition) is 5. The maximum atomic E-state index is 12.4. The molecule has 1 aromatic heterocycles. The first kappa shape index (κ1) is 17.1. The third-order valence-corrected chi connectivity index (χ3v) is 4.93. The van der Waals surface area contributed by atoms with Gasteiger partial charge in [0.05, 0.1) is 17.8 Å². The van der Waals surface area contributed by atoms with Gasteiger partial charge in [-0.3, -0.25) is 14.5 Å². The van der Waals surface area contributed by atoms with Crippen LogP contribution in [0.5, 0.6) is 0 Å². The molecule has 0 aliphatic carbocycles. The summed E-state index contributed by atoms with van der Waals surface area (Å²) in [5, 5.41) is 7.41. The highest BCUT2D eigenvalue weighted by molar-refractivity contribution is 5.81. The lowest BCUT2D eigenvalue weighted by Crippen LogP contribution is -2.48. The fourth-order valence-corrected chi connectivity index (χ4v) is 3.35. The molecule has 7 nitrogen and oxygen atoms in total. The Kier molecular flexibility index (Phi) is 5.30. The highest BCUT2D eigenvalue weighted by atomic mass is 16.5. The first-order valence-corrected chi connectivity index (χ1v) is 8.81. The van der Waals surface area contributed by atoms with Crippen molar-refractivity contribution in [3.8, 4) is 0 Å². The Morgan fingerprint density at radius 1 is 1.54 bits per heavy atom. The van der Waals surface area contributed by atoms with Crippen LogP contribution in [0, 0.1) is 0 Å².